The van der Waals surface area contributed by atoms with Gasteiger partial charge in [0, 0.05) is 12.7 Å². The fourth-order valence-corrected chi connectivity index (χ4v) is 3.56. The number of fused-ring (bicyclic) bond motifs is 5. The zero-order valence-corrected chi connectivity index (χ0v) is 15.9. The van der Waals surface area contributed by atoms with Crippen molar-refractivity contribution in [3.8, 4) is 28.7 Å². The van der Waals surface area contributed by atoms with Gasteiger partial charge in [-0.2, -0.15) is 13.2 Å². The summed E-state index contributed by atoms with van der Waals surface area (Å²) in [5.74, 6) is 1.14. The Morgan fingerprint density at radius 1 is 1.23 bits per heavy atom. The number of alkyl halides is 3. The molecule has 5 rings (SSSR count). The molecule has 1 aliphatic heterocycles. The highest BCUT2D eigenvalue weighted by molar-refractivity contribution is 5.72. The third kappa shape index (κ3) is 2.81. The Balaban J connectivity index is 1.78. The molecule has 0 fully saturated rings. The van der Waals surface area contributed by atoms with Gasteiger partial charge in [-0.1, -0.05) is 0 Å². The van der Waals surface area contributed by atoms with E-state index in [0.29, 0.717) is 45.9 Å². The van der Waals surface area contributed by atoms with Gasteiger partial charge in [0.05, 0.1) is 29.2 Å². The van der Waals surface area contributed by atoms with Crippen LogP contribution in [0, 0.1) is 6.92 Å². The number of rotatable bonds is 3. The van der Waals surface area contributed by atoms with E-state index >= 15 is 0 Å². The second kappa shape index (κ2) is 6.52. The van der Waals surface area contributed by atoms with E-state index in [4.69, 9.17) is 9.15 Å². The highest BCUT2D eigenvalue weighted by Crippen LogP contribution is 2.38. The second-order valence-corrected chi connectivity index (χ2v) is 6.89. The molecule has 154 valence electrons. The molecule has 0 amide bonds. The molecule has 0 saturated carbocycles. The number of oxazole rings is 1. The van der Waals surface area contributed by atoms with E-state index < -0.39 is 11.7 Å². The minimum Gasteiger partial charge on any atom is -0.443 e. The molecule has 4 aromatic rings. The van der Waals surface area contributed by atoms with Crippen molar-refractivity contribution in [2.45, 2.75) is 26.3 Å². The summed E-state index contributed by atoms with van der Waals surface area (Å²) in [6, 6.07) is 3.53. The first-order valence-electron chi connectivity index (χ1n) is 8.98. The number of ether oxygens (including phenoxy) is 1. The Labute approximate surface area is 168 Å². The molecule has 0 saturated heterocycles. The summed E-state index contributed by atoms with van der Waals surface area (Å²) in [4.78, 5) is 8.77. The second-order valence-electron chi connectivity index (χ2n) is 6.89. The van der Waals surface area contributed by atoms with E-state index in [1.807, 2.05) is 0 Å². The molecule has 0 unspecified atom stereocenters. The van der Waals surface area contributed by atoms with Gasteiger partial charge in [-0.15, -0.1) is 10.2 Å². The van der Waals surface area contributed by atoms with Gasteiger partial charge in [0.1, 0.15) is 24.9 Å². The fraction of sp³-hybridized carbons (Fsp3) is 0.263. The Hall–Kier alpha value is -3.47. The molecule has 0 radical (unpaired) electrons. The number of imidazole rings is 1. The van der Waals surface area contributed by atoms with Crippen LogP contribution in [0.4, 0.5) is 13.2 Å². The van der Waals surface area contributed by atoms with Gasteiger partial charge in [0.15, 0.2) is 11.6 Å². The standard InChI is InChI=1S/C19H15F3N6O2/c1-10-7-30-18(24-10)16-14-6-27-15(8-29-2)25-26-17(27)12-5-11(19(20,21)22)3-4-13(12)28(14)9-23-16/h3-5,7,9H,6,8H2,1-2H3. The SMILES string of the molecule is COCc1nnc2n1Cc1c(-c3nc(C)co3)ncn1-c1ccc(C(F)(F)F)cc1-2. The number of aromatic nitrogens is 6. The maximum absolute atomic E-state index is 13.4. The largest absolute Gasteiger partial charge is 0.443 e. The van der Waals surface area contributed by atoms with Gasteiger partial charge in [0.2, 0.25) is 5.89 Å². The molecule has 0 N–H and O–H groups in total. The van der Waals surface area contributed by atoms with E-state index in [0.717, 1.165) is 12.1 Å². The normalized spacial score (nSPS) is 13.0. The lowest BCUT2D eigenvalue weighted by Gasteiger charge is -2.12. The third-order valence-corrected chi connectivity index (χ3v) is 4.92. The van der Waals surface area contributed by atoms with Gasteiger partial charge < -0.3 is 13.7 Å². The molecule has 1 aromatic carbocycles. The van der Waals surface area contributed by atoms with Gasteiger partial charge in [-0.3, -0.25) is 4.57 Å². The molecule has 4 heterocycles. The van der Waals surface area contributed by atoms with Crippen molar-refractivity contribution in [3.63, 3.8) is 0 Å². The minimum absolute atomic E-state index is 0.156. The first-order chi connectivity index (χ1) is 14.4. The van der Waals surface area contributed by atoms with Crippen LogP contribution in [0.2, 0.25) is 0 Å². The average Bonchev–Trinajstić information content (AvgIpc) is 3.39. The summed E-state index contributed by atoms with van der Waals surface area (Å²) in [6.45, 7) is 2.21. The zero-order valence-electron chi connectivity index (χ0n) is 15.9. The number of methoxy groups -OCH3 is 1. The molecule has 8 nitrogen and oxygen atoms in total. The maximum atomic E-state index is 13.4. The van der Waals surface area contributed by atoms with Gasteiger partial charge in [-0.25, -0.2) is 9.97 Å². The molecule has 0 aliphatic carbocycles. The minimum atomic E-state index is -4.49. The highest BCUT2D eigenvalue weighted by atomic mass is 19.4. The number of benzene rings is 1. The van der Waals surface area contributed by atoms with Crippen molar-refractivity contribution in [2.24, 2.45) is 0 Å². The van der Waals surface area contributed by atoms with Crippen molar-refractivity contribution in [1.29, 1.82) is 0 Å². The smallest absolute Gasteiger partial charge is 0.416 e. The van der Waals surface area contributed by atoms with E-state index in [2.05, 4.69) is 20.2 Å². The lowest BCUT2D eigenvalue weighted by atomic mass is 10.1. The van der Waals surface area contributed by atoms with Crippen LogP contribution >= 0.6 is 0 Å². The van der Waals surface area contributed by atoms with E-state index in [1.165, 1.54) is 19.4 Å². The maximum Gasteiger partial charge on any atom is 0.416 e. The van der Waals surface area contributed by atoms with Gasteiger partial charge in [0.25, 0.3) is 0 Å². The summed E-state index contributed by atoms with van der Waals surface area (Å²) in [5.41, 5.74) is 1.92. The summed E-state index contributed by atoms with van der Waals surface area (Å²) in [7, 11) is 1.51. The highest BCUT2D eigenvalue weighted by Gasteiger charge is 2.34. The van der Waals surface area contributed by atoms with Crippen molar-refractivity contribution >= 4 is 0 Å². The number of hydrogen-bond donors (Lipinski definition) is 0. The predicted octanol–water partition coefficient (Wildman–Crippen LogP) is 3.62. The zero-order chi connectivity index (χ0) is 21.0. The molecule has 30 heavy (non-hydrogen) atoms. The lowest BCUT2D eigenvalue weighted by molar-refractivity contribution is -0.137. The molecule has 0 spiro atoms. The summed E-state index contributed by atoms with van der Waals surface area (Å²) >= 11 is 0. The summed E-state index contributed by atoms with van der Waals surface area (Å²) in [5, 5.41) is 8.28. The first kappa shape index (κ1) is 18.6. The van der Waals surface area contributed by atoms with Crippen LogP contribution in [0.25, 0.3) is 28.7 Å². The average molecular weight is 416 g/mol. The molecule has 3 aromatic heterocycles. The quantitative estimate of drug-likeness (QED) is 0.447. The van der Waals surface area contributed by atoms with Crippen molar-refractivity contribution in [2.75, 3.05) is 7.11 Å². The van der Waals surface area contributed by atoms with Crippen LogP contribution in [-0.2, 0) is 24.1 Å². The number of halogens is 3. The van der Waals surface area contributed by atoms with Crippen LogP contribution in [0.15, 0.2) is 35.2 Å². The van der Waals surface area contributed by atoms with Gasteiger partial charge >= 0.3 is 6.18 Å². The summed E-state index contributed by atoms with van der Waals surface area (Å²) < 4.78 is 54.3. The fourth-order valence-electron chi connectivity index (χ4n) is 3.56. The van der Waals surface area contributed by atoms with Crippen LogP contribution in [0.1, 0.15) is 22.8 Å². The third-order valence-electron chi connectivity index (χ3n) is 4.92. The topological polar surface area (TPSA) is 83.8 Å². The Bertz CT molecular complexity index is 1250. The Morgan fingerprint density at radius 2 is 2.07 bits per heavy atom. The number of aryl methyl sites for hydroxylation is 1. The molecule has 1 aliphatic rings. The monoisotopic (exact) mass is 416 g/mol. The molecular weight excluding hydrogens is 401 g/mol. The Kier molecular flexibility index (Phi) is 4.03. The molecule has 0 bridgehead atoms. The van der Waals surface area contributed by atoms with Crippen LogP contribution in [0.3, 0.4) is 0 Å². The number of nitrogens with zero attached hydrogens (tertiary/aromatic N) is 6. The summed E-state index contributed by atoms with van der Waals surface area (Å²) in [6.07, 6.45) is -1.42. The van der Waals surface area contributed by atoms with Crippen LogP contribution in [-0.4, -0.2) is 36.4 Å². The molecule has 0 atom stereocenters. The van der Waals surface area contributed by atoms with Crippen molar-refractivity contribution in [1.82, 2.24) is 29.3 Å². The van der Waals surface area contributed by atoms with Crippen molar-refractivity contribution < 1.29 is 22.3 Å². The van der Waals surface area contributed by atoms with E-state index in [1.54, 1.807) is 22.4 Å². The predicted molar refractivity (Wildman–Crippen MR) is 97.6 cm³/mol. The van der Waals surface area contributed by atoms with E-state index in [-0.39, 0.29) is 13.2 Å². The van der Waals surface area contributed by atoms with Crippen molar-refractivity contribution in [3.05, 3.63) is 53.6 Å². The lowest BCUT2D eigenvalue weighted by Crippen LogP contribution is -2.09. The molecular formula is C19H15F3N6O2. The first-order valence-corrected chi connectivity index (χ1v) is 8.98. The number of hydrogen-bond acceptors (Lipinski definition) is 6. The van der Waals surface area contributed by atoms with Gasteiger partial charge in [-0.05, 0) is 25.1 Å². The van der Waals surface area contributed by atoms with Crippen LogP contribution < -0.4 is 0 Å². The van der Waals surface area contributed by atoms with Crippen LogP contribution in [0.5, 0.6) is 0 Å². The van der Waals surface area contributed by atoms with E-state index in [9.17, 15) is 13.2 Å². The molecule has 11 heteroatoms. The Morgan fingerprint density at radius 3 is 2.77 bits per heavy atom.